The van der Waals surface area contributed by atoms with E-state index in [1.165, 1.54) is 4.48 Å². The highest BCUT2D eigenvalue weighted by Crippen LogP contribution is 2.24. The fourth-order valence-electron chi connectivity index (χ4n) is 1.36. The van der Waals surface area contributed by atoms with Crippen LogP contribution in [-0.4, -0.2) is 4.98 Å². The van der Waals surface area contributed by atoms with Gasteiger partial charge in [0.15, 0.2) is 0 Å². The average molecular weight is 226 g/mol. The van der Waals surface area contributed by atoms with Crippen LogP contribution in [-0.2, 0) is 6.42 Å². The second-order valence-corrected chi connectivity index (χ2v) is 3.87. The lowest BCUT2D eigenvalue weighted by Gasteiger charge is -2.11. The minimum atomic E-state index is -0.0137. The number of hydrogen-bond acceptors (Lipinski definition) is 1. The van der Waals surface area contributed by atoms with Gasteiger partial charge in [-0.1, -0.05) is 15.9 Å². The number of aromatic nitrogens is 1. The molecule has 0 aliphatic heterocycles. The second-order valence-electron chi connectivity index (χ2n) is 2.85. The topological polar surface area (TPSA) is 32.9 Å². The summed E-state index contributed by atoms with van der Waals surface area (Å²) in [7, 11) is 0. The number of pyridine rings is 1. The summed E-state index contributed by atoms with van der Waals surface area (Å²) in [4.78, 5) is 13.8. The predicted molar refractivity (Wildman–Crippen MR) is 52.3 cm³/mol. The molecule has 1 aromatic heterocycles. The van der Waals surface area contributed by atoms with E-state index in [1.807, 2.05) is 6.07 Å². The van der Waals surface area contributed by atoms with Crippen molar-refractivity contribution in [1.82, 2.24) is 4.98 Å². The van der Waals surface area contributed by atoms with Crippen molar-refractivity contribution in [3.63, 3.8) is 0 Å². The van der Waals surface area contributed by atoms with Gasteiger partial charge < -0.3 is 4.98 Å². The highest BCUT2D eigenvalue weighted by molar-refractivity contribution is 9.11. The van der Waals surface area contributed by atoms with E-state index in [1.54, 1.807) is 6.07 Å². The summed E-state index contributed by atoms with van der Waals surface area (Å²) in [5.74, 6) is 0. The Morgan fingerprint density at radius 2 is 2.17 bits per heavy atom. The van der Waals surface area contributed by atoms with Gasteiger partial charge in [-0.2, -0.15) is 0 Å². The Morgan fingerprint density at radius 1 is 1.33 bits per heavy atom. The first kappa shape index (κ1) is 7.80. The number of aryl methyl sites for hydroxylation is 1. The Hall–Kier alpha value is -0.830. The number of halogens is 1. The number of rotatable bonds is 0. The zero-order valence-corrected chi connectivity index (χ0v) is 8.02. The molecule has 1 heterocycles. The molecule has 0 radical (unpaired) electrons. The van der Waals surface area contributed by atoms with Crippen LogP contribution in [0.4, 0.5) is 0 Å². The number of H-pyrrole nitrogens is 1. The number of allylic oxidation sites excluding steroid dienone is 1. The molecule has 3 heteroatoms. The number of aromatic amines is 1. The molecule has 0 atom stereocenters. The molecule has 1 N–H and O–H groups in total. The fourth-order valence-corrected chi connectivity index (χ4v) is 1.80. The van der Waals surface area contributed by atoms with Crippen LogP contribution in [0.5, 0.6) is 0 Å². The highest BCUT2D eigenvalue weighted by atomic mass is 79.9. The Balaban J connectivity index is 2.58. The van der Waals surface area contributed by atoms with Gasteiger partial charge in [0.1, 0.15) is 0 Å². The number of hydrogen-bond donors (Lipinski definition) is 1. The summed E-state index contributed by atoms with van der Waals surface area (Å²) < 4.78 is 1.20. The van der Waals surface area contributed by atoms with Gasteiger partial charge in [-0.15, -0.1) is 0 Å². The quantitative estimate of drug-likeness (QED) is 0.721. The zero-order valence-electron chi connectivity index (χ0n) is 6.43. The molecular weight excluding hydrogens is 218 g/mol. The lowest BCUT2D eigenvalue weighted by Crippen LogP contribution is -2.10. The van der Waals surface area contributed by atoms with E-state index in [0.717, 1.165) is 24.1 Å². The fraction of sp³-hybridized carbons (Fsp3) is 0.222. The van der Waals surface area contributed by atoms with Crippen molar-refractivity contribution < 1.29 is 0 Å². The maximum absolute atomic E-state index is 10.9. The molecule has 0 saturated heterocycles. The van der Waals surface area contributed by atoms with Crippen LogP contribution < -0.4 is 5.56 Å². The van der Waals surface area contributed by atoms with Crippen molar-refractivity contribution in [2.24, 2.45) is 0 Å². The summed E-state index contributed by atoms with van der Waals surface area (Å²) in [6.07, 6.45) is 3.95. The van der Waals surface area contributed by atoms with E-state index in [-0.39, 0.29) is 5.56 Å². The second kappa shape index (κ2) is 2.90. The third kappa shape index (κ3) is 1.37. The highest BCUT2D eigenvalue weighted by Gasteiger charge is 2.08. The first-order chi connectivity index (χ1) is 5.75. The largest absolute Gasteiger partial charge is 0.326 e. The van der Waals surface area contributed by atoms with Gasteiger partial charge in [0, 0.05) is 11.8 Å². The van der Waals surface area contributed by atoms with E-state index in [4.69, 9.17) is 0 Å². The van der Waals surface area contributed by atoms with E-state index >= 15 is 0 Å². The molecule has 12 heavy (non-hydrogen) atoms. The summed E-state index contributed by atoms with van der Waals surface area (Å²) in [6.45, 7) is 0. The van der Waals surface area contributed by atoms with Crippen LogP contribution in [0.3, 0.4) is 0 Å². The minimum absolute atomic E-state index is 0.0137. The standard InChI is InChI=1S/C9H8BrNO/c10-7-2-3-8-6(5-7)1-4-9(12)11-8/h1,4-5H,2-3H2,(H,11,12). The molecule has 0 saturated carbocycles. The molecule has 0 fully saturated rings. The Labute approximate surface area is 78.4 Å². The van der Waals surface area contributed by atoms with E-state index in [2.05, 4.69) is 27.0 Å². The smallest absolute Gasteiger partial charge is 0.248 e. The van der Waals surface area contributed by atoms with Crippen molar-refractivity contribution in [2.45, 2.75) is 12.8 Å². The predicted octanol–water partition coefficient (Wildman–Crippen LogP) is 2.06. The molecule has 2 nitrogen and oxygen atoms in total. The van der Waals surface area contributed by atoms with E-state index in [0.29, 0.717) is 0 Å². The molecule has 62 valence electrons. The molecular formula is C9H8BrNO. The summed E-state index contributed by atoms with van der Waals surface area (Å²) in [6, 6.07) is 3.41. The van der Waals surface area contributed by atoms with Crippen molar-refractivity contribution in [1.29, 1.82) is 0 Å². The van der Waals surface area contributed by atoms with Crippen molar-refractivity contribution >= 4 is 22.0 Å². The molecule has 0 unspecified atom stereocenters. The maximum Gasteiger partial charge on any atom is 0.248 e. The summed E-state index contributed by atoms with van der Waals surface area (Å²) >= 11 is 3.45. The number of nitrogens with one attached hydrogen (secondary N) is 1. The normalized spacial score (nSPS) is 15.2. The van der Waals surface area contributed by atoms with Crippen molar-refractivity contribution in [3.05, 3.63) is 38.2 Å². The SMILES string of the molecule is O=c1ccc2c([nH]1)CCC(Br)=C2. The Morgan fingerprint density at radius 3 is 3.00 bits per heavy atom. The van der Waals surface area contributed by atoms with E-state index in [9.17, 15) is 4.79 Å². The van der Waals surface area contributed by atoms with Crippen LogP contribution >= 0.6 is 15.9 Å². The number of fused-ring (bicyclic) bond motifs is 1. The molecule has 2 rings (SSSR count). The first-order valence-corrected chi connectivity index (χ1v) is 4.63. The van der Waals surface area contributed by atoms with Crippen LogP contribution in [0.15, 0.2) is 21.4 Å². The van der Waals surface area contributed by atoms with Crippen molar-refractivity contribution in [2.75, 3.05) is 0 Å². The lowest BCUT2D eigenvalue weighted by atomic mass is 10.0. The molecule has 0 aromatic carbocycles. The average Bonchev–Trinajstić information content (AvgIpc) is 2.05. The third-order valence-corrected chi connectivity index (χ3v) is 2.59. The van der Waals surface area contributed by atoms with Crippen LogP contribution in [0.2, 0.25) is 0 Å². The van der Waals surface area contributed by atoms with Gasteiger partial charge in [-0.3, -0.25) is 4.79 Å². The molecule has 0 amide bonds. The summed E-state index contributed by atoms with van der Waals surface area (Å²) in [5, 5.41) is 0. The maximum atomic E-state index is 10.9. The molecule has 1 aliphatic carbocycles. The van der Waals surface area contributed by atoms with Crippen LogP contribution in [0, 0.1) is 0 Å². The van der Waals surface area contributed by atoms with Crippen LogP contribution in [0.1, 0.15) is 17.7 Å². The van der Waals surface area contributed by atoms with Crippen LogP contribution in [0.25, 0.3) is 6.08 Å². The Kier molecular flexibility index (Phi) is 1.89. The monoisotopic (exact) mass is 225 g/mol. The van der Waals surface area contributed by atoms with Gasteiger partial charge >= 0.3 is 0 Å². The first-order valence-electron chi connectivity index (χ1n) is 3.84. The summed E-state index contributed by atoms with van der Waals surface area (Å²) in [5.41, 5.74) is 2.15. The van der Waals surface area contributed by atoms with Crippen molar-refractivity contribution in [3.8, 4) is 0 Å². The van der Waals surface area contributed by atoms with Gasteiger partial charge in [-0.25, -0.2) is 0 Å². The van der Waals surface area contributed by atoms with Gasteiger partial charge in [0.2, 0.25) is 5.56 Å². The van der Waals surface area contributed by atoms with Gasteiger partial charge in [-0.05, 0) is 35.0 Å². The molecule has 0 spiro atoms. The van der Waals surface area contributed by atoms with E-state index < -0.39 is 0 Å². The lowest BCUT2D eigenvalue weighted by molar-refractivity contribution is 0.909. The molecule has 1 aliphatic rings. The molecule has 0 bridgehead atoms. The van der Waals surface area contributed by atoms with Gasteiger partial charge in [0.25, 0.3) is 0 Å². The zero-order chi connectivity index (χ0) is 8.55. The molecule has 1 aromatic rings. The Bertz CT molecular complexity index is 392. The minimum Gasteiger partial charge on any atom is -0.326 e. The van der Waals surface area contributed by atoms with Gasteiger partial charge in [0.05, 0.1) is 0 Å². The third-order valence-electron chi connectivity index (χ3n) is 1.96.